The minimum absolute atomic E-state index is 0.00847. The number of carbonyl (C=O) groups is 1. The number of likely N-dealkylation sites (N-methyl/N-ethyl adjacent to an activating group) is 1. The molecule has 9 heteroatoms. The minimum atomic E-state index is -4.47. The van der Waals surface area contributed by atoms with Gasteiger partial charge in [0.05, 0.1) is 17.0 Å². The van der Waals surface area contributed by atoms with Crippen LogP contribution in [0.15, 0.2) is 51.7 Å². The van der Waals surface area contributed by atoms with Crippen molar-refractivity contribution in [1.82, 2.24) is 10.2 Å². The number of halogens is 4. The van der Waals surface area contributed by atoms with E-state index in [2.05, 4.69) is 5.32 Å². The molecular formula is C22H20ClF3N2O3. The normalized spacial score (nSPS) is 12.9. The molecule has 3 rings (SSSR count). The van der Waals surface area contributed by atoms with Gasteiger partial charge in [-0.2, -0.15) is 13.2 Å². The molecule has 1 aromatic heterocycles. The van der Waals surface area contributed by atoms with Gasteiger partial charge in [-0.3, -0.25) is 9.59 Å². The van der Waals surface area contributed by atoms with Crippen LogP contribution in [0.25, 0.3) is 11.0 Å². The average Bonchev–Trinajstić information content (AvgIpc) is 2.68. The highest BCUT2D eigenvalue weighted by atomic mass is 35.5. The zero-order valence-electron chi connectivity index (χ0n) is 17.0. The lowest BCUT2D eigenvalue weighted by Gasteiger charge is -2.25. The van der Waals surface area contributed by atoms with Gasteiger partial charge in [0.15, 0.2) is 11.2 Å². The van der Waals surface area contributed by atoms with Crippen molar-refractivity contribution in [3.63, 3.8) is 0 Å². The number of fused-ring (bicyclic) bond motifs is 1. The van der Waals surface area contributed by atoms with E-state index in [1.807, 2.05) is 0 Å². The number of amides is 1. The van der Waals surface area contributed by atoms with E-state index < -0.39 is 29.1 Å². The standard InChI is InChI=1S/C22H20ClF3N2O3/c1-12-7-19-15(9-16(12)23)18(29)10-20(31-19)21(30)27-11-17(28(2)3)13-5-4-6-14(8-13)22(24,25)26/h4-10,17H,11H2,1-3H3,(H,27,30)/t17-/m0/s1. The second-order valence-electron chi connectivity index (χ2n) is 7.39. The van der Waals surface area contributed by atoms with E-state index in [1.54, 1.807) is 38.1 Å². The third-order valence-electron chi connectivity index (χ3n) is 4.91. The van der Waals surface area contributed by atoms with Crippen LogP contribution in [-0.2, 0) is 6.18 Å². The van der Waals surface area contributed by atoms with E-state index in [-0.39, 0.29) is 23.3 Å². The van der Waals surface area contributed by atoms with Crippen LogP contribution in [0.5, 0.6) is 0 Å². The molecule has 31 heavy (non-hydrogen) atoms. The van der Waals surface area contributed by atoms with Crippen molar-refractivity contribution in [1.29, 1.82) is 0 Å². The van der Waals surface area contributed by atoms with Gasteiger partial charge >= 0.3 is 6.18 Å². The highest BCUT2D eigenvalue weighted by Gasteiger charge is 2.31. The summed E-state index contributed by atoms with van der Waals surface area (Å²) in [6, 6.07) is 8.53. The fourth-order valence-corrected chi connectivity index (χ4v) is 3.35. The lowest BCUT2D eigenvalue weighted by molar-refractivity contribution is -0.137. The second-order valence-corrected chi connectivity index (χ2v) is 7.79. The largest absolute Gasteiger partial charge is 0.451 e. The van der Waals surface area contributed by atoms with E-state index >= 15 is 0 Å². The van der Waals surface area contributed by atoms with Crippen LogP contribution in [-0.4, -0.2) is 31.4 Å². The van der Waals surface area contributed by atoms with E-state index in [9.17, 15) is 22.8 Å². The van der Waals surface area contributed by atoms with Crippen LogP contribution >= 0.6 is 11.6 Å². The minimum Gasteiger partial charge on any atom is -0.451 e. The van der Waals surface area contributed by atoms with Crippen LogP contribution in [0.2, 0.25) is 5.02 Å². The van der Waals surface area contributed by atoms with Gasteiger partial charge in [0.25, 0.3) is 5.91 Å². The number of nitrogens with one attached hydrogen (secondary N) is 1. The zero-order valence-corrected chi connectivity index (χ0v) is 17.8. The quantitative estimate of drug-likeness (QED) is 0.603. The van der Waals surface area contributed by atoms with Crippen molar-refractivity contribution in [2.75, 3.05) is 20.6 Å². The van der Waals surface area contributed by atoms with Gasteiger partial charge < -0.3 is 14.6 Å². The Morgan fingerprint density at radius 3 is 2.55 bits per heavy atom. The Morgan fingerprint density at radius 1 is 1.19 bits per heavy atom. The summed E-state index contributed by atoms with van der Waals surface area (Å²) in [5, 5.41) is 3.30. The molecular weight excluding hydrogens is 433 g/mol. The summed E-state index contributed by atoms with van der Waals surface area (Å²) < 4.78 is 44.7. The summed E-state index contributed by atoms with van der Waals surface area (Å²) in [5.41, 5.74) is 0.118. The van der Waals surface area contributed by atoms with Gasteiger partial charge in [-0.25, -0.2) is 0 Å². The third kappa shape index (κ3) is 5.08. The predicted molar refractivity (Wildman–Crippen MR) is 112 cm³/mol. The van der Waals surface area contributed by atoms with Crippen molar-refractivity contribution in [3.8, 4) is 0 Å². The average molecular weight is 453 g/mol. The molecule has 5 nitrogen and oxygen atoms in total. The summed E-state index contributed by atoms with van der Waals surface area (Å²) in [7, 11) is 3.39. The smallest absolute Gasteiger partial charge is 0.416 e. The Morgan fingerprint density at radius 2 is 1.90 bits per heavy atom. The molecule has 3 aromatic rings. The molecule has 1 N–H and O–H groups in total. The maximum atomic E-state index is 13.1. The topological polar surface area (TPSA) is 62.6 Å². The Kier molecular flexibility index (Phi) is 6.43. The first-order valence-electron chi connectivity index (χ1n) is 9.33. The molecule has 0 spiro atoms. The number of hydrogen-bond acceptors (Lipinski definition) is 4. The maximum absolute atomic E-state index is 13.1. The molecule has 1 amide bonds. The maximum Gasteiger partial charge on any atom is 0.416 e. The molecule has 0 aliphatic carbocycles. The highest BCUT2D eigenvalue weighted by molar-refractivity contribution is 6.32. The summed E-state index contributed by atoms with van der Waals surface area (Å²) in [6.07, 6.45) is -4.47. The van der Waals surface area contributed by atoms with Crippen molar-refractivity contribution in [2.24, 2.45) is 0 Å². The van der Waals surface area contributed by atoms with Gasteiger partial charge in [-0.15, -0.1) is 0 Å². The summed E-state index contributed by atoms with van der Waals surface area (Å²) in [6.45, 7) is 1.75. The van der Waals surface area contributed by atoms with E-state index in [0.717, 1.165) is 18.2 Å². The summed E-state index contributed by atoms with van der Waals surface area (Å²) in [4.78, 5) is 26.7. The van der Waals surface area contributed by atoms with Crippen molar-refractivity contribution >= 4 is 28.5 Å². The first kappa shape index (κ1) is 22.8. The molecule has 0 aliphatic heterocycles. The third-order valence-corrected chi connectivity index (χ3v) is 5.32. The van der Waals surface area contributed by atoms with Gasteiger partial charge in [-0.1, -0.05) is 23.7 Å². The predicted octanol–water partition coefficient (Wildman–Crippen LogP) is 4.81. The fourth-order valence-electron chi connectivity index (χ4n) is 3.19. The van der Waals surface area contributed by atoms with Crippen molar-refractivity contribution in [3.05, 3.63) is 80.2 Å². The number of aryl methyl sites for hydroxylation is 1. The van der Waals surface area contributed by atoms with Crippen LogP contribution in [0.4, 0.5) is 13.2 Å². The van der Waals surface area contributed by atoms with E-state index in [1.165, 1.54) is 12.1 Å². The molecule has 0 radical (unpaired) electrons. The molecule has 0 unspecified atom stereocenters. The molecule has 2 aromatic carbocycles. The molecule has 164 valence electrons. The molecule has 0 fully saturated rings. The summed E-state index contributed by atoms with van der Waals surface area (Å²) in [5.74, 6) is -0.841. The second kappa shape index (κ2) is 8.72. The molecule has 0 saturated heterocycles. The van der Waals surface area contributed by atoms with Gasteiger partial charge in [0.2, 0.25) is 0 Å². The number of carbonyl (C=O) groups excluding carboxylic acids is 1. The van der Waals surface area contributed by atoms with Gasteiger partial charge in [-0.05, 0) is 56.4 Å². The monoisotopic (exact) mass is 452 g/mol. The molecule has 0 saturated carbocycles. The first-order valence-corrected chi connectivity index (χ1v) is 9.71. The van der Waals surface area contributed by atoms with Crippen molar-refractivity contribution < 1.29 is 22.4 Å². The number of rotatable bonds is 5. The van der Waals surface area contributed by atoms with Gasteiger partial charge in [0, 0.05) is 17.6 Å². The molecule has 1 atom stereocenters. The lowest BCUT2D eigenvalue weighted by atomic mass is 10.0. The zero-order chi connectivity index (χ0) is 22.9. The van der Waals surface area contributed by atoms with Crippen LogP contribution in [0.1, 0.15) is 33.3 Å². The number of benzene rings is 2. The number of hydrogen-bond donors (Lipinski definition) is 1. The summed E-state index contributed by atoms with van der Waals surface area (Å²) >= 11 is 6.04. The first-order chi connectivity index (χ1) is 14.5. The van der Waals surface area contributed by atoms with E-state index in [4.69, 9.17) is 16.0 Å². The fraction of sp³-hybridized carbons (Fsp3) is 0.273. The SMILES string of the molecule is Cc1cc2oc(C(=O)NC[C@@H](c3cccc(C(F)(F)F)c3)N(C)C)cc(=O)c2cc1Cl. The van der Waals surface area contributed by atoms with Crippen molar-refractivity contribution in [2.45, 2.75) is 19.1 Å². The Labute approximate surface area is 181 Å². The lowest BCUT2D eigenvalue weighted by Crippen LogP contribution is -2.35. The van der Waals surface area contributed by atoms with Crippen LogP contribution in [0, 0.1) is 6.92 Å². The number of alkyl halides is 3. The molecule has 1 heterocycles. The highest BCUT2D eigenvalue weighted by Crippen LogP contribution is 2.31. The Balaban J connectivity index is 1.84. The van der Waals surface area contributed by atoms with Crippen LogP contribution < -0.4 is 10.7 Å². The molecule has 0 bridgehead atoms. The Hall–Kier alpha value is -2.84. The van der Waals surface area contributed by atoms with Crippen LogP contribution in [0.3, 0.4) is 0 Å². The molecule has 0 aliphatic rings. The Bertz CT molecular complexity index is 1190. The van der Waals surface area contributed by atoms with E-state index in [0.29, 0.717) is 16.1 Å². The number of nitrogens with zero attached hydrogens (tertiary/aromatic N) is 1. The van der Waals surface area contributed by atoms with Gasteiger partial charge in [0.1, 0.15) is 5.58 Å².